The van der Waals surface area contributed by atoms with Gasteiger partial charge in [-0.25, -0.2) is 0 Å². The third kappa shape index (κ3) is 4.59. The van der Waals surface area contributed by atoms with E-state index in [4.69, 9.17) is 17.2 Å². The second kappa shape index (κ2) is 5.66. The Labute approximate surface area is 77.6 Å². The van der Waals surface area contributed by atoms with Crippen LogP contribution in [0.15, 0.2) is 0 Å². The number of hydrogen-bond acceptors (Lipinski definition) is 4. The van der Waals surface area contributed by atoms with E-state index in [1.807, 2.05) is 6.92 Å². The van der Waals surface area contributed by atoms with Gasteiger partial charge < -0.3 is 17.2 Å². The van der Waals surface area contributed by atoms with E-state index in [-0.39, 0.29) is 12.2 Å². The molecule has 0 saturated carbocycles. The van der Waals surface area contributed by atoms with Gasteiger partial charge in [-0.2, -0.15) is 0 Å². The van der Waals surface area contributed by atoms with Gasteiger partial charge in [0.15, 0.2) is 5.78 Å². The zero-order valence-corrected chi connectivity index (χ0v) is 7.82. The molecule has 0 bridgehead atoms. The minimum atomic E-state index is -0.848. The fraction of sp³-hybridized carbons (Fsp3) is 0.750. The molecule has 0 fully saturated rings. The molecule has 6 N–H and O–H groups in total. The molecule has 0 saturated heterocycles. The molecule has 1 unspecified atom stereocenters. The quantitative estimate of drug-likeness (QED) is 0.489. The van der Waals surface area contributed by atoms with Crippen molar-refractivity contribution >= 4 is 11.7 Å². The molecule has 2 atom stereocenters. The van der Waals surface area contributed by atoms with Gasteiger partial charge in [0, 0.05) is 6.42 Å². The molecule has 0 aliphatic heterocycles. The summed E-state index contributed by atoms with van der Waals surface area (Å²) in [6.07, 6.45) is 1.28. The summed E-state index contributed by atoms with van der Waals surface area (Å²) in [6.45, 7) is 1.92. The highest BCUT2D eigenvalue weighted by Gasteiger charge is 2.21. The van der Waals surface area contributed by atoms with Gasteiger partial charge in [-0.05, 0) is 6.42 Å². The van der Waals surface area contributed by atoms with Crippen LogP contribution in [0, 0.1) is 0 Å². The zero-order chi connectivity index (χ0) is 10.4. The molecule has 0 aromatic rings. The standard InChI is InChI=1S/C8H17N3O2/c1-2-3-5(9)8(13)6(10)4-7(11)12/h5-6H,2-4,9-10H2,1H3,(H2,11,12)/t5?,6-/m0/s1. The van der Waals surface area contributed by atoms with E-state index in [0.29, 0.717) is 6.42 Å². The summed E-state index contributed by atoms with van der Waals surface area (Å²) in [6, 6.07) is -1.42. The van der Waals surface area contributed by atoms with Gasteiger partial charge >= 0.3 is 0 Å². The summed E-state index contributed by atoms with van der Waals surface area (Å²) in [4.78, 5) is 21.8. The maximum absolute atomic E-state index is 11.3. The molecule has 5 nitrogen and oxygen atoms in total. The first kappa shape index (κ1) is 12.1. The van der Waals surface area contributed by atoms with Crippen LogP contribution in [-0.4, -0.2) is 23.8 Å². The van der Waals surface area contributed by atoms with E-state index in [9.17, 15) is 9.59 Å². The van der Waals surface area contributed by atoms with E-state index in [0.717, 1.165) is 6.42 Å². The molecule has 13 heavy (non-hydrogen) atoms. The summed E-state index contributed by atoms with van der Waals surface area (Å²) in [5.41, 5.74) is 15.8. The van der Waals surface area contributed by atoms with Gasteiger partial charge in [-0.15, -0.1) is 0 Å². The van der Waals surface area contributed by atoms with Crippen LogP contribution in [0.1, 0.15) is 26.2 Å². The number of primary amides is 1. The maximum Gasteiger partial charge on any atom is 0.219 e. The third-order valence-corrected chi connectivity index (χ3v) is 1.75. The molecule has 5 heteroatoms. The first-order chi connectivity index (χ1) is 5.99. The van der Waals surface area contributed by atoms with Crippen LogP contribution in [0.25, 0.3) is 0 Å². The van der Waals surface area contributed by atoms with Gasteiger partial charge in [0.2, 0.25) is 5.91 Å². The summed E-state index contributed by atoms with van der Waals surface area (Å²) in [7, 11) is 0. The van der Waals surface area contributed by atoms with Crippen LogP contribution in [-0.2, 0) is 9.59 Å². The number of carbonyl (C=O) groups is 2. The zero-order valence-electron chi connectivity index (χ0n) is 7.82. The second-order valence-electron chi connectivity index (χ2n) is 3.07. The fourth-order valence-corrected chi connectivity index (χ4v) is 1.05. The Kier molecular flexibility index (Phi) is 5.25. The number of carbonyl (C=O) groups excluding carboxylic acids is 2. The van der Waals surface area contributed by atoms with Crippen molar-refractivity contribution in [2.75, 3.05) is 0 Å². The van der Waals surface area contributed by atoms with Crippen molar-refractivity contribution in [3.05, 3.63) is 0 Å². The van der Waals surface area contributed by atoms with Crippen molar-refractivity contribution in [2.24, 2.45) is 17.2 Å². The molecule has 0 heterocycles. The van der Waals surface area contributed by atoms with Crippen LogP contribution in [0.4, 0.5) is 0 Å². The predicted molar refractivity (Wildman–Crippen MR) is 49.7 cm³/mol. The van der Waals surface area contributed by atoms with Crippen molar-refractivity contribution in [3.8, 4) is 0 Å². The number of nitrogens with two attached hydrogens (primary N) is 3. The van der Waals surface area contributed by atoms with E-state index in [2.05, 4.69) is 0 Å². The molecular formula is C8H17N3O2. The van der Waals surface area contributed by atoms with E-state index < -0.39 is 18.0 Å². The molecule has 0 aromatic heterocycles. The number of amides is 1. The first-order valence-corrected chi connectivity index (χ1v) is 4.32. The SMILES string of the molecule is CCCC(N)C(=O)[C@@H](N)CC(N)=O. The third-order valence-electron chi connectivity index (χ3n) is 1.75. The smallest absolute Gasteiger partial charge is 0.219 e. The number of rotatable bonds is 6. The molecule has 0 spiro atoms. The Hall–Kier alpha value is -0.940. The lowest BCUT2D eigenvalue weighted by Gasteiger charge is -2.13. The van der Waals surface area contributed by atoms with Gasteiger partial charge in [-0.3, -0.25) is 9.59 Å². The predicted octanol–water partition coefficient (Wildman–Crippen LogP) is -1.11. The average molecular weight is 187 g/mol. The first-order valence-electron chi connectivity index (χ1n) is 4.32. The van der Waals surface area contributed by atoms with Crippen molar-refractivity contribution in [1.82, 2.24) is 0 Å². The van der Waals surface area contributed by atoms with Gasteiger partial charge in [-0.1, -0.05) is 13.3 Å². The second-order valence-corrected chi connectivity index (χ2v) is 3.07. The highest BCUT2D eigenvalue weighted by atomic mass is 16.1. The fourth-order valence-electron chi connectivity index (χ4n) is 1.05. The van der Waals surface area contributed by atoms with Crippen LogP contribution in [0.2, 0.25) is 0 Å². The number of ketones is 1. The molecule has 0 aliphatic carbocycles. The lowest BCUT2D eigenvalue weighted by molar-refractivity contribution is -0.125. The molecule has 1 amide bonds. The largest absolute Gasteiger partial charge is 0.370 e. The molecule has 0 radical (unpaired) electrons. The minimum Gasteiger partial charge on any atom is -0.370 e. The Morgan fingerprint density at radius 2 is 1.77 bits per heavy atom. The van der Waals surface area contributed by atoms with Crippen molar-refractivity contribution in [2.45, 2.75) is 38.3 Å². The van der Waals surface area contributed by atoms with Gasteiger partial charge in [0.05, 0.1) is 12.1 Å². The van der Waals surface area contributed by atoms with Crippen molar-refractivity contribution in [1.29, 1.82) is 0 Å². The summed E-state index contributed by atoms with van der Waals surface area (Å²) in [5, 5.41) is 0. The van der Waals surface area contributed by atoms with Crippen LogP contribution < -0.4 is 17.2 Å². The number of Topliss-reactive ketones (excluding diaryl/α,β-unsaturated/α-hetero) is 1. The Bertz CT molecular complexity index is 194. The topological polar surface area (TPSA) is 112 Å². The van der Waals surface area contributed by atoms with E-state index in [1.54, 1.807) is 0 Å². The van der Waals surface area contributed by atoms with Gasteiger partial charge in [0.25, 0.3) is 0 Å². The molecular weight excluding hydrogens is 170 g/mol. The lowest BCUT2D eigenvalue weighted by atomic mass is 10.0. The van der Waals surface area contributed by atoms with Crippen LogP contribution in [0.3, 0.4) is 0 Å². The van der Waals surface area contributed by atoms with Crippen LogP contribution in [0.5, 0.6) is 0 Å². The molecule has 0 aromatic carbocycles. The highest BCUT2D eigenvalue weighted by molar-refractivity contribution is 5.92. The lowest BCUT2D eigenvalue weighted by Crippen LogP contribution is -2.45. The van der Waals surface area contributed by atoms with Crippen molar-refractivity contribution < 1.29 is 9.59 Å². The van der Waals surface area contributed by atoms with Crippen molar-refractivity contribution in [3.63, 3.8) is 0 Å². The highest BCUT2D eigenvalue weighted by Crippen LogP contribution is 1.99. The summed E-state index contributed by atoms with van der Waals surface area (Å²) < 4.78 is 0. The number of hydrogen-bond donors (Lipinski definition) is 3. The summed E-state index contributed by atoms with van der Waals surface area (Å²) in [5.74, 6) is -0.870. The maximum atomic E-state index is 11.3. The molecule has 0 rings (SSSR count). The Morgan fingerprint density at radius 1 is 1.23 bits per heavy atom. The van der Waals surface area contributed by atoms with E-state index >= 15 is 0 Å². The Balaban J connectivity index is 4.01. The monoisotopic (exact) mass is 187 g/mol. The normalized spacial score (nSPS) is 15.0. The van der Waals surface area contributed by atoms with Gasteiger partial charge in [0.1, 0.15) is 0 Å². The van der Waals surface area contributed by atoms with E-state index in [1.165, 1.54) is 0 Å². The Morgan fingerprint density at radius 3 is 2.15 bits per heavy atom. The molecule has 76 valence electrons. The molecule has 0 aliphatic rings. The average Bonchev–Trinajstić information content (AvgIpc) is 2.02. The summed E-state index contributed by atoms with van der Waals surface area (Å²) >= 11 is 0. The van der Waals surface area contributed by atoms with Crippen LogP contribution >= 0.6 is 0 Å². The minimum absolute atomic E-state index is 0.129.